The highest BCUT2D eigenvalue weighted by molar-refractivity contribution is 5.72. The molecule has 0 saturated carbocycles. The van der Waals surface area contributed by atoms with E-state index in [0.29, 0.717) is 6.04 Å². The fourth-order valence-corrected chi connectivity index (χ4v) is 1.69. The van der Waals surface area contributed by atoms with E-state index in [-0.39, 0.29) is 5.78 Å². The molecule has 0 fully saturated rings. The molecule has 0 unspecified atom stereocenters. The third-order valence-electron chi connectivity index (χ3n) is 2.62. The highest BCUT2D eigenvalue weighted by atomic mass is 16.5. The molecular formula is C20H30N2O3. The molecule has 2 rings (SSSR count). The number of carbonyl (C=O) groups excluding carboxylic acids is 1. The molecule has 2 aromatic rings. The van der Waals surface area contributed by atoms with Crippen LogP contribution in [-0.4, -0.2) is 26.0 Å². The summed E-state index contributed by atoms with van der Waals surface area (Å²) in [5.74, 6) is 1.86. The smallest absolute Gasteiger partial charge is 0.126 e. The van der Waals surface area contributed by atoms with Gasteiger partial charge in [-0.1, -0.05) is 12.1 Å². The molecule has 0 aliphatic heterocycles. The first kappa shape index (κ1) is 22.3. The largest absolute Gasteiger partial charge is 0.497 e. The number of carbonyl (C=O) groups is 1. The molecule has 0 atom stereocenters. The van der Waals surface area contributed by atoms with Crippen LogP contribution in [0.25, 0.3) is 0 Å². The Bertz CT molecular complexity index is 624. The van der Waals surface area contributed by atoms with Crippen LogP contribution < -0.4 is 20.5 Å². The van der Waals surface area contributed by atoms with E-state index in [4.69, 9.17) is 15.2 Å². The molecule has 5 nitrogen and oxygen atoms in total. The van der Waals surface area contributed by atoms with Gasteiger partial charge < -0.3 is 25.3 Å². The number of Topliss-reactive ketones (excluding diaryl/α,β-unsaturated/α-hetero) is 1. The van der Waals surface area contributed by atoms with Gasteiger partial charge in [0.1, 0.15) is 17.3 Å². The maximum Gasteiger partial charge on any atom is 0.126 e. The quantitative estimate of drug-likeness (QED) is 0.803. The Balaban J connectivity index is 0.000000391. The van der Waals surface area contributed by atoms with Gasteiger partial charge in [-0.15, -0.1) is 0 Å². The Morgan fingerprint density at radius 3 is 1.84 bits per heavy atom. The number of benzene rings is 2. The maximum atomic E-state index is 9.44. The molecular weight excluding hydrogens is 316 g/mol. The number of nitrogens with one attached hydrogen (secondary N) is 1. The van der Waals surface area contributed by atoms with E-state index >= 15 is 0 Å². The second kappa shape index (κ2) is 12.7. The average molecular weight is 346 g/mol. The molecule has 25 heavy (non-hydrogen) atoms. The van der Waals surface area contributed by atoms with Crippen molar-refractivity contribution in [3.8, 4) is 11.5 Å². The second-order valence-electron chi connectivity index (χ2n) is 5.72. The minimum atomic E-state index is 0.167. The molecule has 2 aromatic carbocycles. The van der Waals surface area contributed by atoms with Crippen LogP contribution in [0.2, 0.25) is 0 Å². The van der Waals surface area contributed by atoms with Crippen molar-refractivity contribution in [2.75, 3.05) is 25.3 Å². The number of nitrogen functional groups attached to an aromatic ring is 1. The monoisotopic (exact) mass is 346 g/mol. The van der Waals surface area contributed by atoms with Crippen LogP contribution in [0.3, 0.4) is 0 Å². The number of anilines is 2. The first-order chi connectivity index (χ1) is 11.8. The Morgan fingerprint density at radius 2 is 1.44 bits per heavy atom. The van der Waals surface area contributed by atoms with Crippen LogP contribution in [0.5, 0.6) is 11.5 Å². The number of ether oxygens (including phenoxy) is 2. The first-order valence-electron chi connectivity index (χ1n) is 8.05. The lowest BCUT2D eigenvalue weighted by atomic mass is 10.2. The summed E-state index contributed by atoms with van der Waals surface area (Å²) >= 11 is 0. The van der Waals surface area contributed by atoms with Crippen molar-refractivity contribution in [3.05, 3.63) is 48.5 Å². The molecule has 0 spiro atoms. The molecule has 0 aromatic heterocycles. The topological polar surface area (TPSA) is 73.6 Å². The molecule has 0 saturated heterocycles. The molecule has 0 radical (unpaired) electrons. The Hall–Kier alpha value is -2.69. The lowest BCUT2D eigenvalue weighted by molar-refractivity contribution is -0.114. The van der Waals surface area contributed by atoms with E-state index in [2.05, 4.69) is 19.2 Å². The predicted octanol–water partition coefficient (Wildman–Crippen LogP) is 4.39. The van der Waals surface area contributed by atoms with Crippen LogP contribution in [0.1, 0.15) is 27.7 Å². The van der Waals surface area contributed by atoms with Gasteiger partial charge in [0.05, 0.1) is 14.2 Å². The zero-order valence-corrected chi connectivity index (χ0v) is 16.0. The summed E-state index contributed by atoms with van der Waals surface area (Å²) in [6, 6.07) is 15.7. The summed E-state index contributed by atoms with van der Waals surface area (Å²) in [6.07, 6.45) is 0. The molecule has 0 amide bonds. The molecule has 0 aliphatic rings. The summed E-state index contributed by atoms with van der Waals surface area (Å²) in [5.41, 5.74) is 7.29. The van der Waals surface area contributed by atoms with Gasteiger partial charge in [-0.2, -0.15) is 0 Å². The fourth-order valence-electron chi connectivity index (χ4n) is 1.69. The molecule has 0 aliphatic carbocycles. The van der Waals surface area contributed by atoms with E-state index in [0.717, 1.165) is 22.9 Å². The van der Waals surface area contributed by atoms with Crippen LogP contribution in [0.4, 0.5) is 11.4 Å². The van der Waals surface area contributed by atoms with Gasteiger partial charge in [0.15, 0.2) is 0 Å². The highest BCUT2D eigenvalue weighted by Gasteiger charge is 1.96. The van der Waals surface area contributed by atoms with Gasteiger partial charge in [0.25, 0.3) is 0 Å². The summed E-state index contributed by atoms with van der Waals surface area (Å²) in [7, 11) is 3.29. The van der Waals surface area contributed by atoms with Gasteiger partial charge in [-0.25, -0.2) is 0 Å². The minimum absolute atomic E-state index is 0.167. The van der Waals surface area contributed by atoms with E-state index in [1.807, 2.05) is 42.5 Å². The first-order valence-corrected chi connectivity index (χ1v) is 8.05. The summed E-state index contributed by atoms with van der Waals surface area (Å²) in [5, 5.41) is 3.30. The minimum Gasteiger partial charge on any atom is -0.497 e. The summed E-state index contributed by atoms with van der Waals surface area (Å²) in [6.45, 7) is 7.28. The average Bonchev–Trinajstić information content (AvgIpc) is 2.54. The number of rotatable bonds is 4. The summed E-state index contributed by atoms with van der Waals surface area (Å²) < 4.78 is 10.0. The van der Waals surface area contributed by atoms with Crippen LogP contribution in [0.15, 0.2) is 48.5 Å². The number of methoxy groups -OCH3 is 2. The third kappa shape index (κ3) is 12.4. The Kier molecular flexibility index (Phi) is 11.3. The van der Waals surface area contributed by atoms with E-state index in [9.17, 15) is 4.79 Å². The number of ketones is 1. The van der Waals surface area contributed by atoms with Crippen LogP contribution in [-0.2, 0) is 4.79 Å². The van der Waals surface area contributed by atoms with Crippen molar-refractivity contribution >= 4 is 17.2 Å². The maximum absolute atomic E-state index is 9.44. The van der Waals surface area contributed by atoms with Crippen LogP contribution in [0, 0.1) is 0 Å². The number of hydrogen-bond donors (Lipinski definition) is 2. The second-order valence-corrected chi connectivity index (χ2v) is 5.72. The van der Waals surface area contributed by atoms with Gasteiger partial charge >= 0.3 is 0 Å². The number of nitrogens with two attached hydrogens (primary N) is 1. The fraction of sp³-hybridized carbons (Fsp3) is 0.350. The third-order valence-corrected chi connectivity index (χ3v) is 2.62. The highest BCUT2D eigenvalue weighted by Crippen LogP contribution is 2.17. The molecule has 0 heterocycles. The van der Waals surface area contributed by atoms with Gasteiger partial charge in [-0.3, -0.25) is 0 Å². The van der Waals surface area contributed by atoms with Gasteiger partial charge in [-0.05, 0) is 52.0 Å². The lowest BCUT2D eigenvalue weighted by Gasteiger charge is -2.10. The van der Waals surface area contributed by atoms with E-state index in [1.54, 1.807) is 20.3 Å². The van der Waals surface area contributed by atoms with Crippen molar-refractivity contribution in [3.63, 3.8) is 0 Å². The Labute approximate surface area is 151 Å². The SMILES string of the molecule is CC(C)=O.COc1cccc(N)c1.COc1cccc(NC(C)C)c1. The standard InChI is InChI=1S/C10H15NO.C7H9NO.C3H6O/c1-8(2)11-9-5-4-6-10(7-9)12-3;1-9-7-4-2-3-6(8)5-7;1-3(2)4/h4-8,11H,1-3H3;2-5H,8H2,1H3;1-2H3. The summed E-state index contributed by atoms with van der Waals surface area (Å²) in [4.78, 5) is 9.44. The Morgan fingerprint density at radius 1 is 0.960 bits per heavy atom. The van der Waals surface area contributed by atoms with Crippen molar-refractivity contribution in [2.45, 2.75) is 33.7 Å². The molecule has 5 heteroatoms. The zero-order chi connectivity index (χ0) is 19.2. The zero-order valence-electron chi connectivity index (χ0n) is 16.0. The normalized spacial score (nSPS) is 9.08. The van der Waals surface area contributed by atoms with Crippen molar-refractivity contribution < 1.29 is 14.3 Å². The molecule has 0 bridgehead atoms. The predicted molar refractivity (Wildman–Crippen MR) is 106 cm³/mol. The van der Waals surface area contributed by atoms with Crippen molar-refractivity contribution in [1.29, 1.82) is 0 Å². The van der Waals surface area contributed by atoms with Gasteiger partial charge in [0.2, 0.25) is 0 Å². The van der Waals surface area contributed by atoms with Crippen LogP contribution >= 0.6 is 0 Å². The molecule has 138 valence electrons. The van der Waals surface area contributed by atoms with Crippen molar-refractivity contribution in [2.24, 2.45) is 0 Å². The molecule has 3 N–H and O–H groups in total. The van der Waals surface area contributed by atoms with Gasteiger partial charge in [0, 0.05) is 29.5 Å². The van der Waals surface area contributed by atoms with Crippen molar-refractivity contribution in [1.82, 2.24) is 0 Å². The van der Waals surface area contributed by atoms with E-state index < -0.39 is 0 Å². The number of hydrogen-bond acceptors (Lipinski definition) is 5. The van der Waals surface area contributed by atoms with E-state index in [1.165, 1.54) is 13.8 Å². The lowest BCUT2D eigenvalue weighted by Crippen LogP contribution is -2.09.